The van der Waals surface area contributed by atoms with E-state index in [0.29, 0.717) is 5.03 Å². The Labute approximate surface area is 171 Å². The lowest BCUT2D eigenvalue weighted by molar-refractivity contribution is -0.152. The minimum absolute atomic E-state index is 0.0105. The van der Waals surface area contributed by atoms with E-state index in [2.05, 4.69) is 21.9 Å². The van der Waals surface area contributed by atoms with Crippen molar-refractivity contribution in [1.29, 1.82) is 0 Å². The number of hydrogen-bond donors (Lipinski definition) is 5. The molecule has 2 aliphatic heterocycles. The van der Waals surface area contributed by atoms with Gasteiger partial charge in [0.25, 0.3) is 5.56 Å². The number of likely N-dealkylation sites (N-methyl/N-ethyl adjacent to an activating group) is 1. The second-order valence-corrected chi connectivity index (χ2v) is 8.24. The smallest absolute Gasteiger partial charge is 0.323 e. The first-order chi connectivity index (χ1) is 13.6. The van der Waals surface area contributed by atoms with Gasteiger partial charge in [0, 0.05) is 0 Å². The standard InChI is InChI=1S/C17H25N5O6S/c1-6(2)9(19-4)16(26)27-5-8-10(23)11(24)15(28-8)22-7(3)29-12-13(22)20-17(18)21-14(12)25/h6,8-11,15,19,23-24H,3,5H2,1-2,4H3,(H3,18,20,21,25)/t8-,9+,10-,11-,15-/m1/s1. The number of aromatic nitrogens is 2. The molecule has 2 aliphatic rings. The molecule has 0 saturated carbocycles. The van der Waals surface area contributed by atoms with Gasteiger partial charge in [0.1, 0.15) is 35.9 Å². The molecule has 0 spiro atoms. The molecule has 12 heteroatoms. The van der Waals surface area contributed by atoms with Crippen LogP contribution in [0.2, 0.25) is 0 Å². The third-order valence-electron chi connectivity index (χ3n) is 4.81. The Kier molecular flexibility index (Phi) is 6.19. The van der Waals surface area contributed by atoms with Crippen LogP contribution in [0.1, 0.15) is 13.8 Å². The summed E-state index contributed by atoms with van der Waals surface area (Å²) in [5.41, 5.74) is 5.19. The normalized spacial score (nSPS) is 27.4. The largest absolute Gasteiger partial charge is 0.462 e. The average molecular weight is 427 g/mol. The monoisotopic (exact) mass is 427 g/mol. The van der Waals surface area contributed by atoms with Crippen LogP contribution in [-0.2, 0) is 14.3 Å². The topological polar surface area (TPSA) is 163 Å². The average Bonchev–Trinajstić information content (AvgIpc) is 3.10. The second-order valence-electron chi connectivity index (χ2n) is 7.16. The van der Waals surface area contributed by atoms with E-state index in [1.54, 1.807) is 7.05 Å². The van der Waals surface area contributed by atoms with Crippen molar-refractivity contribution in [2.45, 2.75) is 49.3 Å². The van der Waals surface area contributed by atoms with Crippen molar-refractivity contribution >= 4 is 29.5 Å². The van der Waals surface area contributed by atoms with Crippen LogP contribution in [-0.4, -0.2) is 70.4 Å². The van der Waals surface area contributed by atoms with E-state index in [4.69, 9.17) is 15.2 Å². The maximum absolute atomic E-state index is 12.2. The Bertz CT molecular complexity index is 861. The van der Waals surface area contributed by atoms with Crippen molar-refractivity contribution in [3.05, 3.63) is 22.0 Å². The number of anilines is 2. The summed E-state index contributed by atoms with van der Waals surface area (Å²) in [7, 11) is 1.65. The fourth-order valence-corrected chi connectivity index (χ4v) is 4.23. The van der Waals surface area contributed by atoms with Crippen molar-refractivity contribution in [2.75, 3.05) is 24.3 Å². The zero-order valence-corrected chi connectivity index (χ0v) is 17.1. The molecule has 0 unspecified atom stereocenters. The number of thioether (sulfide) groups is 1. The number of ether oxygens (including phenoxy) is 2. The number of rotatable bonds is 6. The summed E-state index contributed by atoms with van der Waals surface area (Å²) in [5, 5.41) is 24.2. The Morgan fingerprint density at radius 1 is 1.48 bits per heavy atom. The number of nitrogens with two attached hydrogens (primary N) is 1. The first-order valence-corrected chi connectivity index (χ1v) is 9.88. The van der Waals surface area contributed by atoms with Gasteiger partial charge in [-0.05, 0) is 13.0 Å². The molecule has 11 nitrogen and oxygen atoms in total. The molecule has 5 atom stereocenters. The highest BCUT2D eigenvalue weighted by Gasteiger charge is 2.49. The van der Waals surface area contributed by atoms with Crippen LogP contribution >= 0.6 is 11.8 Å². The third-order valence-corrected chi connectivity index (χ3v) is 5.81. The van der Waals surface area contributed by atoms with E-state index in [1.165, 1.54) is 4.90 Å². The van der Waals surface area contributed by atoms with E-state index in [1.807, 2.05) is 13.8 Å². The van der Waals surface area contributed by atoms with E-state index in [0.717, 1.165) is 11.8 Å². The number of nitrogens with one attached hydrogen (secondary N) is 2. The maximum atomic E-state index is 12.2. The maximum Gasteiger partial charge on any atom is 0.323 e. The Hall–Kier alpha value is -2.12. The molecule has 6 N–H and O–H groups in total. The number of carbonyl (C=O) groups is 1. The first kappa shape index (κ1) is 21.6. The molecule has 1 aromatic heterocycles. The van der Waals surface area contributed by atoms with E-state index in [-0.39, 0.29) is 29.2 Å². The van der Waals surface area contributed by atoms with Crippen LogP contribution in [0.25, 0.3) is 0 Å². The molecule has 29 heavy (non-hydrogen) atoms. The van der Waals surface area contributed by atoms with Crippen molar-refractivity contribution in [3.63, 3.8) is 0 Å². The van der Waals surface area contributed by atoms with Gasteiger partial charge in [-0.25, -0.2) is 0 Å². The SMILES string of the molecule is C=C1Sc2c(nc(N)[nH]c2=O)N1[C@@H]1O[C@H](COC(=O)[C@@H](NC)C(C)C)[C@@H](O)[C@H]1O. The van der Waals surface area contributed by atoms with E-state index >= 15 is 0 Å². The number of esters is 1. The number of aliphatic hydroxyl groups is 2. The number of nitrogen functional groups attached to an aromatic ring is 1. The zero-order valence-electron chi connectivity index (χ0n) is 16.3. The van der Waals surface area contributed by atoms with Gasteiger partial charge in [0.2, 0.25) is 5.95 Å². The van der Waals surface area contributed by atoms with Gasteiger partial charge in [0.05, 0.1) is 5.03 Å². The number of aromatic amines is 1. The van der Waals surface area contributed by atoms with Gasteiger partial charge in [-0.1, -0.05) is 32.2 Å². The highest BCUT2D eigenvalue weighted by atomic mass is 32.2. The van der Waals surface area contributed by atoms with Crippen LogP contribution < -0.4 is 21.5 Å². The summed E-state index contributed by atoms with van der Waals surface area (Å²) in [6.45, 7) is 7.37. The molecule has 1 fully saturated rings. The minimum atomic E-state index is -1.35. The lowest BCUT2D eigenvalue weighted by Gasteiger charge is -2.27. The summed E-state index contributed by atoms with van der Waals surface area (Å²) in [5.74, 6) is -0.385. The molecule has 3 heterocycles. The van der Waals surface area contributed by atoms with Gasteiger partial charge in [-0.3, -0.25) is 19.5 Å². The molecular formula is C17H25N5O6S. The number of carbonyl (C=O) groups excluding carboxylic acids is 1. The molecule has 0 amide bonds. The predicted octanol–water partition coefficient (Wildman–Crippen LogP) is -1.03. The molecule has 0 aliphatic carbocycles. The number of hydrogen-bond acceptors (Lipinski definition) is 11. The Morgan fingerprint density at radius 3 is 2.79 bits per heavy atom. The summed E-state index contributed by atoms with van der Waals surface area (Å²) in [6.07, 6.45) is -4.71. The molecule has 0 bridgehead atoms. The molecule has 1 aromatic rings. The lowest BCUT2D eigenvalue weighted by Crippen LogP contribution is -2.43. The number of fused-ring (bicyclic) bond motifs is 1. The van der Waals surface area contributed by atoms with Crippen LogP contribution in [0.4, 0.5) is 11.8 Å². The quantitative estimate of drug-likeness (QED) is 0.353. The second kappa shape index (κ2) is 8.32. The van der Waals surface area contributed by atoms with E-state index in [9.17, 15) is 19.8 Å². The molecule has 1 saturated heterocycles. The minimum Gasteiger partial charge on any atom is -0.462 e. The fourth-order valence-electron chi connectivity index (χ4n) is 3.33. The molecule has 0 aromatic carbocycles. The molecule has 0 radical (unpaired) electrons. The summed E-state index contributed by atoms with van der Waals surface area (Å²) in [6, 6.07) is -0.505. The van der Waals surface area contributed by atoms with Crippen LogP contribution in [0, 0.1) is 5.92 Å². The number of aliphatic hydroxyl groups excluding tert-OH is 2. The Balaban J connectivity index is 1.75. The van der Waals surface area contributed by atoms with Crippen LogP contribution in [0.5, 0.6) is 0 Å². The zero-order chi connectivity index (χ0) is 21.5. The molecule has 160 valence electrons. The van der Waals surface area contributed by atoms with E-state index < -0.39 is 42.1 Å². The van der Waals surface area contributed by atoms with Gasteiger partial charge < -0.3 is 30.7 Å². The first-order valence-electron chi connectivity index (χ1n) is 9.07. The predicted molar refractivity (Wildman–Crippen MR) is 106 cm³/mol. The van der Waals surface area contributed by atoms with Crippen LogP contribution in [0.3, 0.4) is 0 Å². The van der Waals surface area contributed by atoms with Crippen LogP contribution in [0.15, 0.2) is 21.3 Å². The number of nitrogens with zero attached hydrogens (tertiary/aromatic N) is 2. The van der Waals surface area contributed by atoms with Gasteiger partial charge in [-0.2, -0.15) is 4.98 Å². The van der Waals surface area contributed by atoms with Gasteiger partial charge in [-0.15, -0.1) is 0 Å². The molecule has 3 rings (SSSR count). The van der Waals surface area contributed by atoms with Crippen molar-refractivity contribution in [3.8, 4) is 0 Å². The third kappa shape index (κ3) is 3.98. The fraction of sp³-hybridized carbons (Fsp3) is 0.588. The molecular weight excluding hydrogens is 402 g/mol. The summed E-state index contributed by atoms with van der Waals surface area (Å²) < 4.78 is 11.0. The van der Waals surface area contributed by atoms with Crippen molar-refractivity contribution < 1.29 is 24.5 Å². The van der Waals surface area contributed by atoms with Gasteiger partial charge >= 0.3 is 5.97 Å². The van der Waals surface area contributed by atoms with Crippen molar-refractivity contribution in [1.82, 2.24) is 15.3 Å². The highest BCUT2D eigenvalue weighted by Crippen LogP contribution is 2.45. The Morgan fingerprint density at radius 2 is 2.17 bits per heavy atom. The highest BCUT2D eigenvalue weighted by molar-refractivity contribution is 8.03. The summed E-state index contributed by atoms with van der Waals surface area (Å²) >= 11 is 1.06. The summed E-state index contributed by atoms with van der Waals surface area (Å²) in [4.78, 5) is 32.5. The van der Waals surface area contributed by atoms with Gasteiger partial charge in [0.15, 0.2) is 12.0 Å². The van der Waals surface area contributed by atoms with Crippen molar-refractivity contribution in [2.24, 2.45) is 5.92 Å². The lowest BCUT2D eigenvalue weighted by atomic mass is 10.1. The number of H-pyrrole nitrogens is 1.